The summed E-state index contributed by atoms with van der Waals surface area (Å²) >= 11 is 0. The molecule has 2 N–H and O–H groups in total. The Kier molecular flexibility index (Phi) is 11.0. The maximum Gasteiger partial charge on any atom is 0.257 e. The van der Waals surface area contributed by atoms with Gasteiger partial charge < -0.3 is 20.1 Å². The van der Waals surface area contributed by atoms with Crippen LogP contribution in [0.3, 0.4) is 0 Å². The van der Waals surface area contributed by atoms with Crippen LogP contribution in [0.2, 0.25) is 0 Å². The number of aliphatic imine (C=N–C) groups is 1. The van der Waals surface area contributed by atoms with Gasteiger partial charge in [0, 0.05) is 51.8 Å². The van der Waals surface area contributed by atoms with Crippen molar-refractivity contribution in [2.75, 3.05) is 34.2 Å². The van der Waals surface area contributed by atoms with Crippen molar-refractivity contribution in [1.82, 2.24) is 25.7 Å². The van der Waals surface area contributed by atoms with E-state index in [1.807, 2.05) is 43.3 Å². The molecule has 0 aliphatic rings. The van der Waals surface area contributed by atoms with Crippen molar-refractivity contribution in [3.05, 3.63) is 71.0 Å². The highest BCUT2D eigenvalue weighted by Gasteiger charge is 2.09. The van der Waals surface area contributed by atoms with Crippen LogP contribution in [-0.2, 0) is 19.3 Å². The number of carbonyl (C=O) groups excluding carboxylic acids is 1. The number of carbonyl (C=O) groups is 1. The van der Waals surface area contributed by atoms with Crippen LogP contribution >= 0.6 is 24.0 Å². The Bertz CT molecular complexity index is 1080. The summed E-state index contributed by atoms with van der Waals surface area (Å²) in [6, 6.07) is 15.9. The third-order valence-corrected chi connectivity index (χ3v) is 5.20. The fourth-order valence-corrected chi connectivity index (χ4v) is 3.32. The Morgan fingerprint density at radius 2 is 1.71 bits per heavy atom. The summed E-state index contributed by atoms with van der Waals surface area (Å²) in [5.41, 5.74) is 3.95. The summed E-state index contributed by atoms with van der Waals surface area (Å²) in [6.45, 7) is 3.48. The lowest BCUT2D eigenvalue weighted by Crippen LogP contribution is -2.39. The molecule has 3 rings (SSSR count). The van der Waals surface area contributed by atoms with Crippen molar-refractivity contribution in [3.63, 3.8) is 0 Å². The van der Waals surface area contributed by atoms with Gasteiger partial charge in [0.15, 0.2) is 11.8 Å². The molecule has 0 spiro atoms. The van der Waals surface area contributed by atoms with E-state index in [9.17, 15) is 4.79 Å². The van der Waals surface area contributed by atoms with Crippen molar-refractivity contribution in [2.45, 2.75) is 26.2 Å². The number of guanidine groups is 1. The molecule has 0 saturated heterocycles. The van der Waals surface area contributed by atoms with Gasteiger partial charge >= 0.3 is 0 Å². The van der Waals surface area contributed by atoms with E-state index in [1.54, 1.807) is 26.0 Å². The molecule has 0 radical (unpaired) electrons. The van der Waals surface area contributed by atoms with Crippen molar-refractivity contribution in [2.24, 2.45) is 4.99 Å². The predicted octanol–water partition coefficient (Wildman–Crippen LogP) is 3.57. The average molecular weight is 576 g/mol. The van der Waals surface area contributed by atoms with Crippen LogP contribution in [0.1, 0.15) is 34.2 Å². The van der Waals surface area contributed by atoms with Crippen LogP contribution in [0.4, 0.5) is 0 Å². The first-order valence-electron chi connectivity index (χ1n) is 11.2. The maximum absolute atomic E-state index is 12.1. The minimum atomic E-state index is 0. The molecule has 182 valence electrons. The summed E-state index contributed by atoms with van der Waals surface area (Å²) in [6.07, 6.45) is 2.41. The molecule has 0 atom stereocenters. The van der Waals surface area contributed by atoms with Gasteiger partial charge in [0.05, 0.1) is 0 Å². The van der Waals surface area contributed by atoms with Crippen LogP contribution in [0.5, 0.6) is 0 Å². The van der Waals surface area contributed by atoms with Gasteiger partial charge in [0.2, 0.25) is 0 Å². The van der Waals surface area contributed by atoms with Gasteiger partial charge in [-0.05, 0) is 48.2 Å². The van der Waals surface area contributed by atoms with Crippen LogP contribution in [0.25, 0.3) is 11.5 Å². The lowest BCUT2D eigenvalue weighted by atomic mass is 10.1. The summed E-state index contributed by atoms with van der Waals surface area (Å²) in [5, 5.41) is 10.6. The highest BCUT2D eigenvalue weighted by Crippen LogP contribution is 2.18. The molecule has 3 aromatic rings. The smallest absolute Gasteiger partial charge is 0.257 e. The fraction of sp³-hybridized carbons (Fsp3) is 0.360. The zero-order valence-electron chi connectivity index (χ0n) is 20.2. The lowest BCUT2D eigenvalue weighted by molar-refractivity contribution is 0.0827. The van der Waals surface area contributed by atoms with Crippen molar-refractivity contribution in [3.8, 4) is 11.5 Å². The van der Waals surface area contributed by atoms with E-state index in [0.29, 0.717) is 17.3 Å². The van der Waals surface area contributed by atoms with Gasteiger partial charge in [-0.25, -0.2) is 0 Å². The minimum Gasteiger partial charge on any atom is -0.356 e. The van der Waals surface area contributed by atoms with E-state index < -0.39 is 0 Å². The number of nitrogens with zero attached hydrogens (tertiary/aromatic N) is 4. The van der Waals surface area contributed by atoms with Crippen molar-refractivity contribution >= 4 is 35.8 Å². The second kappa shape index (κ2) is 13.7. The average Bonchev–Trinajstić information content (AvgIpc) is 3.32. The molecule has 1 aromatic heterocycles. The van der Waals surface area contributed by atoms with Crippen molar-refractivity contribution in [1.29, 1.82) is 0 Å². The highest BCUT2D eigenvalue weighted by molar-refractivity contribution is 14.0. The standard InChI is InChI=1S/C25H32N6O2.HI/c1-5-22-29-23(33-30-22)20-11-9-18(10-12-20)13-15-27-25(26-2)28-16-14-19-7-6-8-21(17-19)24(32)31(3)4;/h6-12,17H,5,13-16H2,1-4H3,(H2,26,27,28);1H. The highest BCUT2D eigenvalue weighted by atomic mass is 127. The van der Waals surface area contributed by atoms with Crippen LogP contribution in [-0.4, -0.2) is 61.1 Å². The number of aromatic nitrogens is 2. The molecule has 0 bridgehead atoms. The first-order valence-corrected chi connectivity index (χ1v) is 11.2. The zero-order valence-corrected chi connectivity index (χ0v) is 22.5. The molecule has 1 amide bonds. The number of aryl methyl sites for hydroxylation is 1. The summed E-state index contributed by atoms with van der Waals surface area (Å²) in [7, 11) is 5.28. The number of amides is 1. The molecule has 0 fully saturated rings. The van der Waals surface area contributed by atoms with Gasteiger partial charge in [-0.15, -0.1) is 24.0 Å². The summed E-state index contributed by atoms with van der Waals surface area (Å²) in [5.74, 6) is 2.04. The van der Waals surface area contributed by atoms with Gasteiger partial charge in [-0.3, -0.25) is 9.79 Å². The van der Waals surface area contributed by atoms with Crippen molar-refractivity contribution < 1.29 is 9.32 Å². The first kappa shape index (κ1) is 27.3. The molecule has 34 heavy (non-hydrogen) atoms. The summed E-state index contributed by atoms with van der Waals surface area (Å²) < 4.78 is 5.29. The molecule has 0 aliphatic heterocycles. The van der Waals surface area contributed by atoms with E-state index in [0.717, 1.165) is 49.4 Å². The third kappa shape index (κ3) is 7.82. The second-order valence-corrected chi connectivity index (χ2v) is 7.89. The largest absolute Gasteiger partial charge is 0.356 e. The van der Waals surface area contributed by atoms with Crippen LogP contribution in [0.15, 0.2) is 58.0 Å². The number of halogens is 1. The second-order valence-electron chi connectivity index (χ2n) is 7.89. The van der Waals surface area contributed by atoms with E-state index in [2.05, 4.69) is 37.9 Å². The van der Waals surface area contributed by atoms with Gasteiger partial charge in [0.1, 0.15) is 0 Å². The SMILES string of the molecule is CCc1noc(-c2ccc(CCNC(=NC)NCCc3cccc(C(=O)N(C)C)c3)cc2)n1.I. The van der Waals surface area contributed by atoms with Gasteiger partial charge in [0.25, 0.3) is 11.8 Å². The maximum atomic E-state index is 12.1. The Labute approximate surface area is 218 Å². The van der Waals surface area contributed by atoms with Crippen LogP contribution < -0.4 is 10.6 Å². The Hall–Kier alpha value is -2.95. The normalized spacial score (nSPS) is 11.0. The Morgan fingerprint density at radius 1 is 1.03 bits per heavy atom. The molecule has 2 aromatic carbocycles. The molecule has 0 saturated carbocycles. The quantitative estimate of drug-likeness (QED) is 0.230. The van der Waals surface area contributed by atoms with Crippen LogP contribution in [0, 0.1) is 0 Å². The zero-order chi connectivity index (χ0) is 23.6. The molecule has 0 unspecified atom stereocenters. The predicted molar refractivity (Wildman–Crippen MR) is 146 cm³/mol. The van der Waals surface area contributed by atoms with E-state index >= 15 is 0 Å². The fourth-order valence-electron chi connectivity index (χ4n) is 3.32. The molecular formula is C25H33IN6O2. The third-order valence-electron chi connectivity index (χ3n) is 5.20. The minimum absolute atomic E-state index is 0. The molecule has 0 aliphatic carbocycles. The molecule has 8 nitrogen and oxygen atoms in total. The number of benzene rings is 2. The monoisotopic (exact) mass is 576 g/mol. The topological polar surface area (TPSA) is 95.7 Å². The summed E-state index contributed by atoms with van der Waals surface area (Å²) in [4.78, 5) is 22.4. The van der Waals surface area contributed by atoms with E-state index in [4.69, 9.17) is 4.52 Å². The van der Waals surface area contributed by atoms with E-state index in [-0.39, 0.29) is 29.9 Å². The molecule has 1 heterocycles. The molecule has 9 heteroatoms. The Morgan fingerprint density at radius 3 is 2.29 bits per heavy atom. The van der Waals surface area contributed by atoms with Gasteiger partial charge in [-0.2, -0.15) is 4.98 Å². The van der Waals surface area contributed by atoms with Gasteiger partial charge in [-0.1, -0.05) is 36.3 Å². The number of nitrogens with one attached hydrogen (secondary N) is 2. The number of hydrogen-bond donors (Lipinski definition) is 2. The number of rotatable bonds is 9. The van der Waals surface area contributed by atoms with E-state index in [1.165, 1.54) is 5.56 Å². The first-order chi connectivity index (χ1) is 16.0. The number of hydrogen-bond acceptors (Lipinski definition) is 5. The Balaban J connectivity index is 0.00000408. The molecular weight excluding hydrogens is 543 g/mol. The lowest BCUT2D eigenvalue weighted by Gasteiger charge is -2.13.